The molecule has 104 valence electrons. The normalized spacial score (nSPS) is 10.1. The van der Waals surface area contributed by atoms with E-state index in [0.29, 0.717) is 18.2 Å². The second-order valence-corrected chi connectivity index (χ2v) is 4.26. The van der Waals surface area contributed by atoms with E-state index in [-0.39, 0.29) is 5.69 Å². The maximum atomic E-state index is 10.9. The van der Waals surface area contributed by atoms with Crippen LogP contribution in [0.1, 0.15) is 11.1 Å². The Balaban J connectivity index is 2.19. The van der Waals surface area contributed by atoms with Gasteiger partial charge in [-0.25, -0.2) is 4.98 Å². The molecule has 2 N–H and O–H groups in total. The summed E-state index contributed by atoms with van der Waals surface area (Å²) in [5, 5.41) is 16.7. The van der Waals surface area contributed by atoms with Gasteiger partial charge >= 0.3 is 0 Å². The topological polar surface area (TPSA) is 93.0 Å². The van der Waals surface area contributed by atoms with Gasteiger partial charge in [-0.15, -0.1) is 0 Å². The largest absolute Gasteiger partial charge is 0.373 e. The number of nitrogens with zero attached hydrogens (tertiary/aromatic N) is 3. The van der Waals surface area contributed by atoms with E-state index in [1.165, 1.54) is 12.1 Å². The molecular weight excluding hydrogens is 258 g/mol. The van der Waals surface area contributed by atoms with Crippen LogP contribution in [0.25, 0.3) is 0 Å². The van der Waals surface area contributed by atoms with Gasteiger partial charge in [0, 0.05) is 26.0 Å². The van der Waals surface area contributed by atoms with Gasteiger partial charge in [-0.3, -0.25) is 15.1 Å². The number of hydrogen-bond donors (Lipinski definition) is 2. The lowest BCUT2D eigenvalue weighted by atomic mass is 10.1. The molecule has 0 unspecified atom stereocenters. The van der Waals surface area contributed by atoms with Gasteiger partial charge < -0.3 is 10.6 Å². The summed E-state index contributed by atoms with van der Waals surface area (Å²) in [6.45, 7) is 2.50. The predicted octanol–water partition coefficient (Wildman–Crippen LogP) is 2.35. The molecule has 0 atom stereocenters. The lowest BCUT2D eigenvalue weighted by Gasteiger charge is -2.09. The summed E-state index contributed by atoms with van der Waals surface area (Å²) in [7, 11) is 1.67. The summed E-state index contributed by atoms with van der Waals surface area (Å²) in [5.41, 5.74) is 2.12. The minimum absolute atomic E-state index is 0.00485. The van der Waals surface area contributed by atoms with Gasteiger partial charge in [-0.1, -0.05) is 0 Å². The molecule has 7 nitrogen and oxygen atoms in total. The molecule has 2 aromatic rings. The van der Waals surface area contributed by atoms with Crippen molar-refractivity contribution < 1.29 is 4.92 Å². The van der Waals surface area contributed by atoms with Crippen molar-refractivity contribution in [3.8, 4) is 0 Å². The zero-order chi connectivity index (χ0) is 14.5. The van der Waals surface area contributed by atoms with E-state index in [0.717, 1.165) is 11.1 Å². The number of hydrogen-bond acceptors (Lipinski definition) is 6. The number of nitro groups is 1. The SMILES string of the molecule is CNc1cc([N+](=O)[O-])cc(NCc2cnccc2C)n1. The highest BCUT2D eigenvalue weighted by molar-refractivity contribution is 5.54. The van der Waals surface area contributed by atoms with Crippen molar-refractivity contribution in [3.05, 3.63) is 51.8 Å². The second-order valence-electron chi connectivity index (χ2n) is 4.26. The maximum Gasteiger partial charge on any atom is 0.276 e. The highest BCUT2D eigenvalue weighted by Gasteiger charge is 2.10. The summed E-state index contributed by atoms with van der Waals surface area (Å²) in [5.74, 6) is 0.899. The lowest BCUT2D eigenvalue weighted by molar-refractivity contribution is -0.384. The average molecular weight is 273 g/mol. The smallest absolute Gasteiger partial charge is 0.276 e. The third kappa shape index (κ3) is 3.19. The number of pyridine rings is 2. The average Bonchev–Trinajstić information content (AvgIpc) is 2.46. The van der Waals surface area contributed by atoms with Crippen molar-refractivity contribution >= 4 is 17.3 Å². The van der Waals surface area contributed by atoms with Crippen LogP contribution in [0.5, 0.6) is 0 Å². The summed E-state index contributed by atoms with van der Waals surface area (Å²) in [6.07, 6.45) is 3.49. The summed E-state index contributed by atoms with van der Waals surface area (Å²) < 4.78 is 0. The van der Waals surface area contributed by atoms with Crippen LogP contribution in [0.3, 0.4) is 0 Å². The third-order valence-corrected chi connectivity index (χ3v) is 2.88. The molecule has 20 heavy (non-hydrogen) atoms. The summed E-state index contributed by atoms with van der Waals surface area (Å²) in [6, 6.07) is 4.71. The molecule has 0 saturated heterocycles. The van der Waals surface area contributed by atoms with Gasteiger partial charge in [0.05, 0.1) is 17.1 Å². The van der Waals surface area contributed by atoms with Gasteiger partial charge in [-0.2, -0.15) is 0 Å². The van der Waals surface area contributed by atoms with E-state index in [4.69, 9.17) is 0 Å². The van der Waals surface area contributed by atoms with Gasteiger partial charge in [0.2, 0.25) is 0 Å². The molecule has 0 fully saturated rings. The van der Waals surface area contributed by atoms with Gasteiger partial charge in [-0.05, 0) is 24.1 Å². The Morgan fingerprint density at radius 1 is 1.35 bits per heavy atom. The van der Waals surface area contributed by atoms with Crippen LogP contribution in [-0.2, 0) is 6.54 Å². The van der Waals surface area contributed by atoms with E-state index in [1.807, 2.05) is 13.0 Å². The molecular formula is C13H15N5O2. The zero-order valence-electron chi connectivity index (χ0n) is 11.3. The highest BCUT2D eigenvalue weighted by Crippen LogP contribution is 2.21. The van der Waals surface area contributed by atoms with Crippen LogP contribution >= 0.6 is 0 Å². The van der Waals surface area contributed by atoms with Crippen LogP contribution in [0, 0.1) is 17.0 Å². The Morgan fingerprint density at radius 3 is 2.75 bits per heavy atom. The second kappa shape index (κ2) is 5.96. The lowest BCUT2D eigenvalue weighted by Crippen LogP contribution is -2.05. The molecule has 7 heteroatoms. The highest BCUT2D eigenvalue weighted by atomic mass is 16.6. The molecule has 0 aliphatic rings. The first-order valence-electron chi connectivity index (χ1n) is 6.07. The fourth-order valence-corrected chi connectivity index (χ4v) is 1.71. The standard InChI is InChI=1S/C13H15N5O2/c1-9-3-4-15-7-10(9)8-16-13-6-11(18(19)20)5-12(14-2)17-13/h3-7H,8H2,1-2H3,(H2,14,16,17). The predicted molar refractivity (Wildman–Crippen MR) is 76.7 cm³/mol. The Labute approximate surface area is 116 Å². The van der Waals surface area contributed by atoms with Gasteiger partial charge in [0.15, 0.2) is 0 Å². The molecule has 2 aromatic heterocycles. The molecule has 0 aromatic carbocycles. The van der Waals surface area contributed by atoms with Crippen molar-refractivity contribution in [2.45, 2.75) is 13.5 Å². The Kier molecular flexibility index (Phi) is 4.09. The van der Waals surface area contributed by atoms with Crippen molar-refractivity contribution in [2.75, 3.05) is 17.7 Å². The Bertz CT molecular complexity index is 630. The van der Waals surface area contributed by atoms with Crippen LogP contribution in [0.15, 0.2) is 30.6 Å². The molecule has 0 spiro atoms. The van der Waals surface area contributed by atoms with Crippen LogP contribution in [0.2, 0.25) is 0 Å². The Hall–Kier alpha value is -2.70. The van der Waals surface area contributed by atoms with Crippen LogP contribution in [-0.4, -0.2) is 21.9 Å². The van der Waals surface area contributed by atoms with E-state index >= 15 is 0 Å². The minimum atomic E-state index is -0.441. The molecule has 0 saturated carbocycles. The van der Waals surface area contributed by atoms with Crippen molar-refractivity contribution in [2.24, 2.45) is 0 Å². The molecule has 0 aliphatic carbocycles. The first-order chi connectivity index (χ1) is 9.60. The number of aromatic nitrogens is 2. The molecule has 2 heterocycles. The van der Waals surface area contributed by atoms with Gasteiger partial charge in [0.25, 0.3) is 5.69 Å². The molecule has 0 aliphatic heterocycles. The minimum Gasteiger partial charge on any atom is -0.373 e. The van der Waals surface area contributed by atoms with Crippen molar-refractivity contribution in [1.29, 1.82) is 0 Å². The fraction of sp³-hybridized carbons (Fsp3) is 0.231. The fourth-order valence-electron chi connectivity index (χ4n) is 1.71. The number of rotatable bonds is 5. The number of aryl methyl sites for hydroxylation is 1. The van der Waals surface area contributed by atoms with E-state index in [2.05, 4.69) is 20.6 Å². The van der Waals surface area contributed by atoms with Crippen molar-refractivity contribution in [1.82, 2.24) is 9.97 Å². The molecule has 0 amide bonds. The van der Waals surface area contributed by atoms with E-state index < -0.39 is 4.92 Å². The third-order valence-electron chi connectivity index (χ3n) is 2.88. The number of nitrogens with one attached hydrogen (secondary N) is 2. The Morgan fingerprint density at radius 2 is 2.10 bits per heavy atom. The molecule has 0 radical (unpaired) electrons. The number of anilines is 2. The van der Waals surface area contributed by atoms with Crippen LogP contribution in [0.4, 0.5) is 17.3 Å². The summed E-state index contributed by atoms with van der Waals surface area (Å²) >= 11 is 0. The first kappa shape index (κ1) is 13.7. The summed E-state index contributed by atoms with van der Waals surface area (Å²) in [4.78, 5) is 18.7. The molecule has 2 rings (SSSR count). The monoisotopic (exact) mass is 273 g/mol. The quantitative estimate of drug-likeness (QED) is 0.641. The first-order valence-corrected chi connectivity index (χ1v) is 6.07. The molecule has 0 bridgehead atoms. The zero-order valence-corrected chi connectivity index (χ0v) is 11.3. The van der Waals surface area contributed by atoms with Crippen LogP contribution < -0.4 is 10.6 Å². The maximum absolute atomic E-state index is 10.9. The van der Waals surface area contributed by atoms with Gasteiger partial charge in [0.1, 0.15) is 11.6 Å². The van der Waals surface area contributed by atoms with E-state index in [1.54, 1.807) is 19.4 Å². The van der Waals surface area contributed by atoms with Crippen molar-refractivity contribution in [3.63, 3.8) is 0 Å². The van der Waals surface area contributed by atoms with E-state index in [9.17, 15) is 10.1 Å².